The molecule has 0 aliphatic carbocycles. The SMILES string of the molecule is CC(C)c1nc(Cl)cc(=O)n1CCN1CCCC1. The summed E-state index contributed by atoms with van der Waals surface area (Å²) in [7, 11) is 0. The average molecular weight is 270 g/mol. The molecule has 0 radical (unpaired) electrons. The van der Waals surface area contributed by atoms with Crippen LogP contribution in [0, 0.1) is 0 Å². The molecule has 1 aliphatic heterocycles. The van der Waals surface area contributed by atoms with Crippen molar-refractivity contribution >= 4 is 11.6 Å². The fraction of sp³-hybridized carbons (Fsp3) is 0.692. The Morgan fingerprint density at radius 1 is 1.33 bits per heavy atom. The molecule has 0 aromatic carbocycles. The van der Waals surface area contributed by atoms with Crippen LogP contribution in [0.1, 0.15) is 38.4 Å². The maximum absolute atomic E-state index is 12.0. The fourth-order valence-corrected chi connectivity index (χ4v) is 2.59. The first-order chi connectivity index (χ1) is 8.58. The molecule has 100 valence electrons. The van der Waals surface area contributed by atoms with Crippen molar-refractivity contribution in [3.63, 3.8) is 0 Å². The highest BCUT2D eigenvalue weighted by atomic mass is 35.5. The second kappa shape index (κ2) is 5.85. The van der Waals surface area contributed by atoms with Crippen molar-refractivity contribution in [2.45, 2.75) is 39.2 Å². The zero-order chi connectivity index (χ0) is 13.1. The minimum Gasteiger partial charge on any atom is -0.302 e. The lowest BCUT2D eigenvalue weighted by Gasteiger charge is -2.18. The van der Waals surface area contributed by atoms with Crippen LogP contribution < -0.4 is 5.56 Å². The number of rotatable bonds is 4. The van der Waals surface area contributed by atoms with Gasteiger partial charge in [-0.15, -0.1) is 0 Å². The van der Waals surface area contributed by atoms with Crippen LogP contribution in [0.2, 0.25) is 5.15 Å². The summed E-state index contributed by atoms with van der Waals surface area (Å²) in [5, 5.41) is 0.293. The van der Waals surface area contributed by atoms with Crippen LogP contribution in [0.4, 0.5) is 0 Å². The molecule has 4 nitrogen and oxygen atoms in total. The van der Waals surface area contributed by atoms with E-state index in [0.717, 1.165) is 25.5 Å². The highest BCUT2D eigenvalue weighted by molar-refractivity contribution is 6.29. The first kappa shape index (κ1) is 13.6. The van der Waals surface area contributed by atoms with Crippen molar-refractivity contribution in [1.29, 1.82) is 0 Å². The molecule has 0 unspecified atom stereocenters. The summed E-state index contributed by atoms with van der Waals surface area (Å²) >= 11 is 5.86. The molecular formula is C13H20ClN3O. The zero-order valence-electron chi connectivity index (χ0n) is 11.0. The topological polar surface area (TPSA) is 38.1 Å². The molecule has 1 aliphatic rings. The van der Waals surface area contributed by atoms with Crippen LogP contribution in [0.15, 0.2) is 10.9 Å². The van der Waals surface area contributed by atoms with E-state index >= 15 is 0 Å². The summed E-state index contributed by atoms with van der Waals surface area (Å²) in [6.07, 6.45) is 2.54. The predicted octanol–water partition coefficient (Wildman–Crippen LogP) is 2.12. The normalized spacial score (nSPS) is 16.7. The molecule has 0 atom stereocenters. The van der Waals surface area contributed by atoms with Gasteiger partial charge >= 0.3 is 0 Å². The van der Waals surface area contributed by atoms with Gasteiger partial charge in [0.15, 0.2) is 0 Å². The third-order valence-electron chi connectivity index (χ3n) is 3.36. The van der Waals surface area contributed by atoms with E-state index in [1.807, 2.05) is 13.8 Å². The lowest BCUT2D eigenvalue weighted by Crippen LogP contribution is -2.31. The predicted molar refractivity (Wildman–Crippen MR) is 73.3 cm³/mol. The van der Waals surface area contributed by atoms with Crippen LogP contribution in [0.25, 0.3) is 0 Å². The fourth-order valence-electron chi connectivity index (χ4n) is 2.41. The third kappa shape index (κ3) is 3.12. The van der Waals surface area contributed by atoms with Gasteiger partial charge in [-0.2, -0.15) is 0 Å². The maximum atomic E-state index is 12.0. The molecule has 2 rings (SSSR count). The van der Waals surface area contributed by atoms with Crippen molar-refractivity contribution in [3.8, 4) is 0 Å². The van der Waals surface area contributed by atoms with Crippen molar-refractivity contribution in [1.82, 2.24) is 14.5 Å². The Labute approximate surface area is 113 Å². The van der Waals surface area contributed by atoms with E-state index in [1.54, 1.807) is 4.57 Å². The Hall–Kier alpha value is -0.870. The van der Waals surface area contributed by atoms with Gasteiger partial charge in [0, 0.05) is 25.1 Å². The maximum Gasteiger partial charge on any atom is 0.255 e. The van der Waals surface area contributed by atoms with Crippen LogP contribution in [-0.2, 0) is 6.54 Å². The van der Waals surface area contributed by atoms with Gasteiger partial charge in [0.1, 0.15) is 11.0 Å². The second-order valence-electron chi connectivity index (χ2n) is 5.13. The first-order valence-corrected chi connectivity index (χ1v) is 6.95. The highest BCUT2D eigenvalue weighted by Gasteiger charge is 2.15. The largest absolute Gasteiger partial charge is 0.302 e. The van der Waals surface area contributed by atoms with Crippen molar-refractivity contribution in [2.24, 2.45) is 0 Å². The number of hydrogen-bond donors (Lipinski definition) is 0. The number of aromatic nitrogens is 2. The second-order valence-corrected chi connectivity index (χ2v) is 5.52. The summed E-state index contributed by atoms with van der Waals surface area (Å²) < 4.78 is 1.76. The molecule has 0 N–H and O–H groups in total. The van der Waals surface area contributed by atoms with E-state index in [2.05, 4.69) is 9.88 Å². The summed E-state index contributed by atoms with van der Waals surface area (Å²) in [5.41, 5.74) is -0.0436. The van der Waals surface area contributed by atoms with E-state index in [9.17, 15) is 4.79 Å². The van der Waals surface area contributed by atoms with Gasteiger partial charge in [-0.05, 0) is 25.9 Å². The van der Waals surface area contributed by atoms with Gasteiger partial charge in [0.2, 0.25) is 0 Å². The molecule has 1 fully saturated rings. The third-order valence-corrected chi connectivity index (χ3v) is 3.56. The molecule has 2 heterocycles. The van der Waals surface area contributed by atoms with E-state index in [0.29, 0.717) is 11.7 Å². The molecule has 18 heavy (non-hydrogen) atoms. The van der Waals surface area contributed by atoms with Gasteiger partial charge in [-0.25, -0.2) is 4.98 Å². The number of hydrogen-bond acceptors (Lipinski definition) is 3. The zero-order valence-corrected chi connectivity index (χ0v) is 11.8. The summed E-state index contributed by atoms with van der Waals surface area (Å²) in [6.45, 7) is 7.98. The van der Waals surface area contributed by atoms with Gasteiger partial charge in [-0.3, -0.25) is 9.36 Å². The molecule has 0 spiro atoms. The van der Waals surface area contributed by atoms with Crippen molar-refractivity contribution in [2.75, 3.05) is 19.6 Å². The minimum absolute atomic E-state index is 0.0436. The smallest absolute Gasteiger partial charge is 0.255 e. The number of nitrogens with zero attached hydrogens (tertiary/aromatic N) is 3. The minimum atomic E-state index is -0.0436. The van der Waals surface area contributed by atoms with E-state index in [-0.39, 0.29) is 11.5 Å². The average Bonchev–Trinajstić information content (AvgIpc) is 2.79. The first-order valence-electron chi connectivity index (χ1n) is 6.57. The molecule has 1 aromatic rings. The quantitative estimate of drug-likeness (QED) is 0.786. The Bertz CT molecular complexity index is 464. The summed E-state index contributed by atoms with van der Waals surface area (Å²) in [5.74, 6) is 0.988. The molecule has 1 saturated heterocycles. The van der Waals surface area contributed by atoms with Crippen LogP contribution in [0.5, 0.6) is 0 Å². The Kier molecular flexibility index (Phi) is 4.40. The lowest BCUT2D eigenvalue weighted by atomic mass is 10.2. The molecule has 5 heteroatoms. The molecule has 0 saturated carbocycles. The molecule has 0 amide bonds. The van der Waals surface area contributed by atoms with Gasteiger partial charge in [-0.1, -0.05) is 25.4 Å². The van der Waals surface area contributed by atoms with Gasteiger partial charge < -0.3 is 4.90 Å². The van der Waals surface area contributed by atoms with Crippen LogP contribution in [0.3, 0.4) is 0 Å². The standard InChI is InChI=1S/C13H20ClN3O/c1-10(2)13-15-11(14)9-12(18)17(13)8-7-16-5-3-4-6-16/h9-10H,3-8H2,1-2H3. The molecule has 1 aromatic heterocycles. The Balaban J connectivity index is 2.17. The Morgan fingerprint density at radius 2 is 2.00 bits per heavy atom. The Morgan fingerprint density at radius 3 is 2.61 bits per heavy atom. The molecular weight excluding hydrogens is 250 g/mol. The van der Waals surface area contributed by atoms with E-state index in [1.165, 1.54) is 18.9 Å². The highest BCUT2D eigenvalue weighted by Crippen LogP contribution is 2.13. The van der Waals surface area contributed by atoms with E-state index in [4.69, 9.17) is 11.6 Å². The lowest BCUT2D eigenvalue weighted by molar-refractivity contribution is 0.316. The van der Waals surface area contributed by atoms with E-state index < -0.39 is 0 Å². The van der Waals surface area contributed by atoms with Crippen molar-refractivity contribution in [3.05, 3.63) is 27.4 Å². The van der Waals surface area contributed by atoms with Gasteiger partial charge in [0.05, 0.1) is 0 Å². The van der Waals surface area contributed by atoms with Crippen molar-refractivity contribution < 1.29 is 0 Å². The van der Waals surface area contributed by atoms with Gasteiger partial charge in [0.25, 0.3) is 5.56 Å². The summed E-state index contributed by atoms with van der Waals surface area (Å²) in [4.78, 5) is 18.7. The number of halogens is 1. The number of likely N-dealkylation sites (tertiary alicyclic amines) is 1. The van der Waals surface area contributed by atoms with Crippen LogP contribution in [-0.4, -0.2) is 34.1 Å². The van der Waals surface area contributed by atoms with Crippen LogP contribution >= 0.6 is 11.6 Å². The summed E-state index contributed by atoms with van der Waals surface area (Å²) in [6, 6.07) is 1.40. The molecule has 0 bridgehead atoms. The monoisotopic (exact) mass is 269 g/mol.